The molecule has 2 rings (SSSR count). The Morgan fingerprint density at radius 2 is 1.68 bits per heavy atom. The van der Waals surface area contributed by atoms with E-state index in [1.54, 1.807) is 34.6 Å². The number of carbonyl (C=O) groups is 2. The number of aliphatic carboxylic acids is 1. The van der Waals surface area contributed by atoms with Gasteiger partial charge in [-0.25, -0.2) is 4.79 Å². The third-order valence-corrected chi connectivity index (χ3v) is 9.84. The lowest BCUT2D eigenvalue weighted by Crippen LogP contribution is -2.61. The van der Waals surface area contributed by atoms with E-state index in [9.17, 15) is 14.7 Å². The van der Waals surface area contributed by atoms with Gasteiger partial charge in [0, 0.05) is 6.54 Å². The molecule has 0 saturated carbocycles. The van der Waals surface area contributed by atoms with Crippen LogP contribution in [0.5, 0.6) is 0 Å². The van der Waals surface area contributed by atoms with Gasteiger partial charge < -0.3 is 19.0 Å². The molecule has 0 radical (unpaired) electrons. The summed E-state index contributed by atoms with van der Waals surface area (Å²) in [5.41, 5.74) is -0.749. The molecule has 0 aliphatic carbocycles. The fourth-order valence-electron chi connectivity index (χ4n) is 3.16. The number of fused-ring (bicyclic) bond motifs is 1. The summed E-state index contributed by atoms with van der Waals surface area (Å²) in [5, 5.41) is 9.59. The average Bonchev–Trinajstić information content (AvgIpc) is 2.81. The van der Waals surface area contributed by atoms with E-state index >= 15 is 0 Å². The van der Waals surface area contributed by atoms with Crippen LogP contribution in [0.3, 0.4) is 0 Å². The van der Waals surface area contributed by atoms with Crippen molar-refractivity contribution in [1.82, 2.24) is 4.90 Å². The van der Waals surface area contributed by atoms with E-state index in [1.807, 2.05) is 13.1 Å². The summed E-state index contributed by atoms with van der Waals surface area (Å²) in [6.07, 6.45) is -1.64. The largest absolute Gasteiger partial charge is 0.481 e. The molecule has 2 saturated heterocycles. The molecule has 2 aliphatic rings. The zero-order valence-corrected chi connectivity index (χ0v) is 19.7. The molecule has 0 aromatic heterocycles. The van der Waals surface area contributed by atoms with E-state index in [0.717, 1.165) is 0 Å². The van der Waals surface area contributed by atoms with Crippen molar-refractivity contribution < 1.29 is 33.3 Å². The molecule has 9 heteroatoms. The van der Waals surface area contributed by atoms with E-state index in [1.165, 1.54) is 4.90 Å². The average molecular weight is 418 g/mol. The van der Waals surface area contributed by atoms with Gasteiger partial charge in [0.05, 0.1) is 0 Å². The summed E-state index contributed by atoms with van der Waals surface area (Å²) >= 11 is 0. The van der Waals surface area contributed by atoms with Crippen LogP contribution in [0.4, 0.5) is 4.79 Å². The lowest BCUT2D eigenvalue weighted by molar-refractivity contribution is -0.274. The van der Waals surface area contributed by atoms with E-state index in [4.69, 9.17) is 18.6 Å². The molecule has 0 bridgehead atoms. The molecule has 2 heterocycles. The van der Waals surface area contributed by atoms with Crippen LogP contribution in [0.1, 0.15) is 55.4 Å². The maximum atomic E-state index is 13.0. The van der Waals surface area contributed by atoms with Crippen molar-refractivity contribution >= 4 is 20.4 Å². The molecular formula is C19H35NO7Si. The molecule has 2 aliphatic heterocycles. The summed E-state index contributed by atoms with van der Waals surface area (Å²) < 4.78 is 24.3. The predicted molar refractivity (Wildman–Crippen MR) is 105 cm³/mol. The summed E-state index contributed by atoms with van der Waals surface area (Å²) in [6, 6.07) is 0. The zero-order valence-electron chi connectivity index (χ0n) is 18.7. The van der Waals surface area contributed by atoms with Crippen molar-refractivity contribution in [3.8, 4) is 0 Å². The number of carbonyl (C=O) groups excluding carboxylic acids is 1. The number of amides is 1. The Morgan fingerprint density at radius 1 is 1.14 bits per heavy atom. The number of nitrogens with zero attached hydrogens (tertiary/aromatic N) is 1. The normalized spacial score (nSPS) is 30.3. The first-order valence-corrected chi connectivity index (χ1v) is 12.5. The van der Waals surface area contributed by atoms with E-state index in [0.29, 0.717) is 0 Å². The number of hydrogen-bond donors (Lipinski definition) is 1. The Kier molecular flexibility index (Phi) is 5.52. The van der Waals surface area contributed by atoms with Crippen molar-refractivity contribution in [2.24, 2.45) is 5.92 Å². The number of likely N-dealkylation sites (tertiary alicyclic amines) is 1. The summed E-state index contributed by atoms with van der Waals surface area (Å²) in [5.74, 6) is -4.81. The maximum absolute atomic E-state index is 13.0. The fraction of sp³-hybridized carbons (Fsp3) is 0.895. The minimum atomic E-state index is -2.49. The smallest absolute Gasteiger partial charge is 0.414 e. The quantitative estimate of drug-likeness (QED) is 0.699. The third kappa shape index (κ3) is 4.22. The second kappa shape index (κ2) is 6.68. The van der Waals surface area contributed by atoms with Crippen LogP contribution in [0.15, 0.2) is 0 Å². The predicted octanol–water partition coefficient (Wildman–Crippen LogP) is 3.77. The zero-order chi connectivity index (χ0) is 21.9. The number of hydrogen-bond acceptors (Lipinski definition) is 6. The fourth-order valence-corrected chi connectivity index (χ4v) is 4.46. The topological polar surface area (TPSA) is 94.5 Å². The van der Waals surface area contributed by atoms with Gasteiger partial charge in [-0.05, 0) is 52.8 Å². The van der Waals surface area contributed by atoms with Crippen LogP contribution < -0.4 is 0 Å². The van der Waals surface area contributed by atoms with Gasteiger partial charge in [-0.3, -0.25) is 14.4 Å². The van der Waals surface area contributed by atoms with Gasteiger partial charge in [0.2, 0.25) is 0 Å². The highest BCUT2D eigenvalue weighted by Gasteiger charge is 2.70. The van der Waals surface area contributed by atoms with Crippen LogP contribution >= 0.6 is 0 Å². The maximum Gasteiger partial charge on any atom is 0.414 e. The Bertz CT molecular complexity index is 650. The van der Waals surface area contributed by atoms with Gasteiger partial charge in [0.15, 0.2) is 20.2 Å². The van der Waals surface area contributed by atoms with Crippen LogP contribution in [-0.2, 0) is 23.4 Å². The first kappa shape index (κ1) is 23.1. The highest BCUT2D eigenvalue weighted by atomic mass is 28.4. The SMILES string of the molecule is CC(C)(C)OC(=O)N1C[C@@H](C(=O)O)[C@H]2OC(C)(C)O[C@]21O[Si](C)(C)C(C)(C)C. The molecule has 1 N–H and O–H groups in total. The summed E-state index contributed by atoms with van der Waals surface area (Å²) in [7, 11) is -2.49. The number of carboxylic acid groups (broad SMARTS) is 1. The van der Waals surface area contributed by atoms with Crippen LogP contribution in [0, 0.1) is 5.92 Å². The Morgan fingerprint density at radius 3 is 2.11 bits per heavy atom. The molecule has 2 fully saturated rings. The molecule has 0 unspecified atom stereocenters. The Hall–Kier alpha value is -1.16. The minimum Gasteiger partial charge on any atom is -0.481 e. The molecule has 0 aromatic rings. The van der Waals surface area contributed by atoms with E-state index in [2.05, 4.69) is 20.8 Å². The number of rotatable bonds is 3. The first-order chi connectivity index (χ1) is 12.3. The lowest BCUT2D eigenvalue weighted by Gasteiger charge is -2.46. The number of ether oxygens (including phenoxy) is 3. The summed E-state index contributed by atoms with van der Waals surface area (Å²) in [4.78, 5) is 26.2. The molecule has 3 atom stereocenters. The van der Waals surface area contributed by atoms with Gasteiger partial charge in [0.25, 0.3) is 5.91 Å². The number of carboxylic acids is 1. The van der Waals surface area contributed by atoms with Crippen molar-refractivity contribution in [2.75, 3.05) is 6.54 Å². The second-order valence-electron chi connectivity index (χ2n) is 10.6. The van der Waals surface area contributed by atoms with E-state index < -0.39 is 49.7 Å². The van der Waals surface area contributed by atoms with Crippen LogP contribution in [0.2, 0.25) is 18.1 Å². The standard InChI is InChI=1S/C19H35NO7Si/c1-16(2,3)25-15(23)20-11-12(14(21)22)13-19(20,26-18(7,8)24-13)27-28(9,10)17(4,5)6/h12-13H,11H2,1-10H3,(H,21,22)/t12-,13-,19+/m1/s1. The molecule has 0 aromatic carbocycles. The third-order valence-electron chi connectivity index (χ3n) is 5.42. The van der Waals surface area contributed by atoms with Gasteiger partial charge in [-0.1, -0.05) is 20.8 Å². The van der Waals surface area contributed by atoms with Crippen LogP contribution in [0.25, 0.3) is 0 Å². The summed E-state index contributed by atoms with van der Waals surface area (Å²) in [6.45, 7) is 18.8. The monoisotopic (exact) mass is 417 g/mol. The van der Waals surface area contributed by atoms with Gasteiger partial charge in [-0.15, -0.1) is 0 Å². The molecule has 162 valence electrons. The minimum absolute atomic E-state index is 0.111. The Labute approximate surface area is 168 Å². The highest BCUT2D eigenvalue weighted by Crippen LogP contribution is 2.52. The van der Waals surface area contributed by atoms with Gasteiger partial charge in [-0.2, -0.15) is 0 Å². The van der Waals surface area contributed by atoms with Crippen molar-refractivity contribution in [1.29, 1.82) is 0 Å². The molecule has 0 spiro atoms. The molecular weight excluding hydrogens is 382 g/mol. The van der Waals surface area contributed by atoms with Gasteiger partial charge >= 0.3 is 12.1 Å². The van der Waals surface area contributed by atoms with Crippen molar-refractivity contribution in [3.63, 3.8) is 0 Å². The van der Waals surface area contributed by atoms with Gasteiger partial charge in [0.1, 0.15) is 11.5 Å². The molecule has 28 heavy (non-hydrogen) atoms. The van der Waals surface area contributed by atoms with Crippen LogP contribution in [-0.4, -0.2) is 60.3 Å². The van der Waals surface area contributed by atoms with Crippen molar-refractivity contribution in [2.45, 2.75) is 96.9 Å². The first-order valence-electron chi connectivity index (χ1n) is 9.63. The molecule has 8 nitrogen and oxygen atoms in total. The lowest BCUT2D eigenvalue weighted by atomic mass is 10.1. The second-order valence-corrected chi connectivity index (χ2v) is 15.3. The van der Waals surface area contributed by atoms with E-state index in [-0.39, 0.29) is 11.6 Å². The molecule has 1 amide bonds. The van der Waals surface area contributed by atoms with Crippen molar-refractivity contribution in [3.05, 3.63) is 0 Å². The highest BCUT2D eigenvalue weighted by molar-refractivity contribution is 6.74. The Balaban J connectivity index is 2.56.